The second-order valence-electron chi connectivity index (χ2n) is 16.2. The highest BCUT2D eigenvalue weighted by Crippen LogP contribution is 2.54. The lowest BCUT2D eigenvalue weighted by molar-refractivity contribution is 0.531. The van der Waals surface area contributed by atoms with E-state index in [9.17, 15) is 0 Å². The lowest BCUT2D eigenvalue weighted by atomic mass is 9.76. The summed E-state index contributed by atoms with van der Waals surface area (Å²) in [6.45, 7) is 2.34. The van der Waals surface area contributed by atoms with E-state index < -0.39 is 0 Å². The number of aromatic nitrogens is 1. The van der Waals surface area contributed by atoms with Gasteiger partial charge in [0.25, 0.3) is 0 Å². The van der Waals surface area contributed by atoms with Crippen LogP contribution in [0, 0.1) is 6.92 Å². The molecule has 0 fully saturated rings. The van der Waals surface area contributed by atoms with Crippen molar-refractivity contribution in [1.29, 1.82) is 0 Å². The first-order chi connectivity index (χ1) is 28.2. The minimum Gasteiger partial charge on any atom is -0.334 e. The zero-order valence-electron chi connectivity index (χ0n) is 32.5. The monoisotopic (exact) mass is 734 g/mol. The van der Waals surface area contributed by atoms with Crippen molar-refractivity contribution >= 4 is 33.9 Å². The number of anilines is 2. The van der Waals surface area contributed by atoms with Crippen molar-refractivity contribution in [2.45, 2.75) is 56.9 Å². The molecule has 0 amide bonds. The molecule has 57 heavy (non-hydrogen) atoms. The van der Waals surface area contributed by atoms with Gasteiger partial charge < -0.3 is 9.47 Å². The Morgan fingerprint density at radius 1 is 0.614 bits per heavy atom. The van der Waals surface area contributed by atoms with E-state index in [1.165, 1.54) is 83.7 Å². The van der Waals surface area contributed by atoms with Crippen molar-refractivity contribution in [3.05, 3.63) is 209 Å². The van der Waals surface area contributed by atoms with Gasteiger partial charge in [-0.05, 0) is 120 Å². The predicted molar refractivity (Wildman–Crippen MR) is 240 cm³/mol. The molecule has 276 valence electrons. The van der Waals surface area contributed by atoms with Crippen molar-refractivity contribution in [2.24, 2.45) is 0 Å². The van der Waals surface area contributed by atoms with Gasteiger partial charge in [0, 0.05) is 39.9 Å². The SMILES string of the molecule is Cc1c(-c2ccccc2)cc(C2=CCCC=C2)cc1-n1c2c(c3ccccc31)C=CCC2C1=CC2C(CC1)c1ccccc1N2c1cccc(-c2ccccc2)c1. The van der Waals surface area contributed by atoms with Gasteiger partial charge in [-0.3, -0.25) is 0 Å². The molecule has 6 aromatic carbocycles. The van der Waals surface area contributed by atoms with E-state index in [0.717, 1.165) is 32.1 Å². The molecule has 1 aromatic heterocycles. The molecule has 0 bridgehead atoms. The fourth-order valence-corrected chi connectivity index (χ4v) is 10.4. The average Bonchev–Trinajstić information content (AvgIpc) is 3.80. The number of hydrogen-bond donors (Lipinski definition) is 0. The van der Waals surface area contributed by atoms with Crippen molar-refractivity contribution in [3.63, 3.8) is 0 Å². The van der Waals surface area contributed by atoms with Gasteiger partial charge in [0.15, 0.2) is 0 Å². The largest absolute Gasteiger partial charge is 0.334 e. The van der Waals surface area contributed by atoms with Crippen molar-refractivity contribution < 1.29 is 0 Å². The summed E-state index contributed by atoms with van der Waals surface area (Å²) < 4.78 is 2.66. The van der Waals surface area contributed by atoms with Crippen LogP contribution in [0.25, 0.3) is 50.5 Å². The fraction of sp³-hybridized carbons (Fsp3) is 0.164. The highest BCUT2D eigenvalue weighted by Gasteiger charge is 2.42. The summed E-state index contributed by atoms with van der Waals surface area (Å²) in [6, 6.07) is 54.4. The quantitative estimate of drug-likeness (QED) is 0.154. The molecule has 7 aromatic rings. The molecule has 11 rings (SSSR count). The molecule has 2 heterocycles. The summed E-state index contributed by atoms with van der Waals surface area (Å²) >= 11 is 0. The summed E-state index contributed by atoms with van der Waals surface area (Å²) in [5.41, 5.74) is 20.0. The topological polar surface area (TPSA) is 8.17 Å². The van der Waals surface area contributed by atoms with E-state index in [2.05, 4.69) is 198 Å². The Bertz CT molecular complexity index is 2790. The number of benzene rings is 6. The standard InChI is InChI=1S/C55H46N2/c1-37-50(40-21-9-4-10-22-40)34-43(39-19-7-3-8-20-39)36-53(37)57-52-30-14-12-26-47(52)49-28-16-27-45(55(49)57)42-31-32-48-46-25-11-13-29-51(46)56(54(48)35-42)44-24-15-23-41(33-44)38-17-5-2-6-18-38/h2,4-7,9-26,28-30,33-36,45,48,54H,3,8,27,31-32H2,1H3. The third-order valence-electron chi connectivity index (χ3n) is 13.1. The molecule has 3 atom stereocenters. The second-order valence-corrected chi connectivity index (χ2v) is 16.2. The maximum atomic E-state index is 2.69. The second kappa shape index (κ2) is 14.0. The van der Waals surface area contributed by atoms with Gasteiger partial charge in [-0.1, -0.05) is 151 Å². The van der Waals surface area contributed by atoms with Crippen LogP contribution in [0.5, 0.6) is 0 Å². The van der Waals surface area contributed by atoms with Crippen LogP contribution in [0.3, 0.4) is 0 Å². The molecular weight excluding hydrogens is 689 g/mol. The summed E-state index contributed by atoms with van der Waals surface area (Å²) in [6.07, 6.45) is 20.0. The summed E-state index contributed by atoms with van der Waals surface area (Å²) in [5.74, 6) is 0.732. The lowest BCUT2D eigenvalue weighted by Crippen LogP contribution is -2.32. The fourth-order valence-electron chi connectivity index (χ4n) is 10.4. The minimum absolute atomic E-state index is 0.254. The Morgan fingerprint density at radius 2 is 1.39 bits per heavy atom. The maximum Gasteiger partial charge on any atom is 0.0594 e. The smallest absolute Gasteiger partial charge is 0.0594 e. The number of rotatable bonds is 6. The molecule has 0 saturated heterocycles. The Balaban J connectivity index is 1.09. The van der Waals surface area contributed by atoms with Gasteiger partial charge in [-0.2, -0.15) is 0 Å². The summed E-state index contributed by atoms with van der Waals surface area (Å²) in [5, 5.41) is 1.33. The molecule has 3 aliphatic carbocycles. The van der Waals surface area contributed by atoms with Crippen LogP contribution in [0.2, 0.25) is 0 Å². The van der Waals surface area contributed by atoms with Crippen LogP contribution in [0.15, 0.2) is 182 Å². The molecule has 0 spiro atoms. The Hall–Kier alpha value is -6.38. The zero-order chi connectivity index (χ0) is 37.9. The lowest BCUT2D eigenvalue weighted by Gasteiger charge is -2.35. The van der Waals surface area contributed by atoms with Gasteiger partial charge in [0.1, 0.15) is 0 Å². The molecule has 0 saturated carbocycles. The van der Waals surface area contributed by atoms with E-state index in [4.69, 9.17) is 0 Å². The molecule has 0 N–H and O–H groups in total. The van der Waals surface area contributed by atoms with Gasteiger partial charge in [0.2, 0.25) is 0 Å². The molecule has 3 unspecified atom stereocenters. The van der Waals surface area contributed by atoms with Crippen molar-refractivity contribution in [3.8, 4) is 27.9 Å². The van der Waals surface area contributed by atoms with Gasteiger partial charge in [-0.15, -0.1) is 0 Å². The van der Waals surface area contributed by atoms with Crippen LogP contribution >= 0.6 is 0 Å². The normalized spacial score (nSPS) is 19.5. The summed E-state index contributed by atoms with van der Waals surface area (Å²) in [4.78, 5) is 2.64. The molecule has 4 aliphatic rings. The van der Waals surface area contributed by atoms with E-state index in [-0.39, 0.29) is 12.0 Å². The van der Waals surface area contributed by atoms with Crippen LogP contribution in [-0.4, -0.2) is 10.6 Å². The number of fused-ring (bicyclic) bond motifs is 6. The Morgan fingerprint density at radius 3 is 2.23 bits per heavy atom. The Labute approximate surface area is 336 Å². The first-order valence-corrected chi connectivity index (χ1v) is 20.8. The van der Waals surface area contributed by atoms with Gasteiger partial charge >= 0.3 is 0 Å². The van der Waals surface area contributed by atoms with E-state index in [0.29, 0.717) is 5.92 Å². The molecular formula is C55H46N2. The van der Waals surface area contributed by atoms with Crippen LogP contribution < -0.4 is 4.90 Å². The van der Waals surface area contributed by atoms with E-state index >= 15 is 0 Å². The van der Waals surface area contributed by atoms with Crippen molar-refractivity contribution in [1.82, 2.24) is 4.57 Å². The number of allylic oxidation sites excluding steroid dienone is 6. The molecule has 0 radical (unpaired) electrons. The summed E-state index contributed by atoms with van der Waals surface area (Å²) in [7, 11) is 0. The molecule has 2 heteroatoms. The maximum absolute atomic E-state index is 2.69. The third-order valence-corrected chi connectivity index (χ3v) is 13.1. The number of hydrogen-bond acceptors (Lipinski definition) is 1. The first-order valence-electron chi connectivity index (χ1n) is 20.8. The molecule has 2 nitrogen and oxygen atoms in total. The highest BCUT2D eigenvalue weighted by atomic mass is 15.2. The van der Waals surface area contributed by atoms with Crippen LogP contribution in [0.4, 0.5) is 11.4 Å². The van der Waals surface area contributed by atoms with Gasteiger partial charge in [0.05, 0.1) is 17.2 Å². The highest BCUT2D eigenvalue weighted by molar-refractivity contribution is 5.95. The molecule has 1 aliphatic heterocycles. The van der Waals surface area contributed by atoms with Crippen molar-refractivity contribution in [2.75, 3.05) is 4.90 Å². The predicted octanol–water partition coefficient (Wildman–Crippen LogP) is 14.5. The number of nitrogens with zero attached hydrogens (tertiary/aromatic N) is 2. The van der Waals surface area contributed by atoms with E-state index in [1.807, 2.05) is 0 Å². The number of para-hydroxylation sites is 2. The van der Waals surface area contributed by atoms with E-state index in [1.54, 1.807) is 5.57 Å². The first kappa shape index (κ1) is 33.9. The minimum atomic E-state index is 0.254. The Kier molecular flexibility index (Phi) is 8.31. The average molecular weight is 735 g/mol. The third kappa shape index (κ3) is 5.69. The van der Waals surface area contributed by atoms with Crippen LogP contribution in [-0.2, 0) is 0 Å². The zero-order valence-corrected chi connectivity index (χ0v) is 32.5. The van der Waals surface area contributed by atoms with Gasteiger partial charge in [-0.25, -0.2) is 0 Å². The van der Waals surface area contributed by atoms with Crippen LogP contribution in [0.1, 0.15) is 71.9 Å².